The normalized spacial score (nSPS) is 15.3. The number of rotatable bonds is 5. The third-order valence-electron chi connectivity index (χ3n) is 5.58. The summed E-state index contributed by atoms with van der Waals surface area (Å²) in [5.74, 6) is 0.933. The molecule has 0 unspecified atom stereocenters. The van der Waals surface area contributed by atoms with Crippen LogP contribution >= 0.6 is 11.3 Å². The number of benzene rings is 2. The van der Waals surface area contributed by atoms with E-state index in [9.17, 15) is 0 Å². The molecule has 0 amide bonds. The predicted octanol–water partition coefficient (Wildman–Crippen LogP) is 5.78. The molecule has 30 heavy (non-hydrogen) atoms. The molecule has 1 aliphatic heterocycles. The number of aromatic nitrogens is 1. The molecule has 5 rings (SSSR count). The fourth-order valence-electron chi connectivity index (χ4n) is 4.08. The summed E-state index contributed by atoms with van der Waals surface area (Å²) in [6, 6.07) is 23.0. The zero-order valence-corrected chi connectivity index (χ0v) is 17.7. The molecule has 0 saturated carbocycles. The largest absolute Gasteiger partial charge is 0.464 e. The molecular weight excluding hydrogens is 390 g/mol. The molecule has 1 fully saturated rings. The monoisotopic (exact) mass is 415 g/mol. The predicted molar refractivity (Wildman–Crippen MR) is 124 cm³/mol. The maximum Gasteiger partial charge on any atom is 0.135 e. The summed E-state index contributed by atoms with van der Waals surface area (Å²) in [5, 5.41) is 3.31. The number of para-hydroxylation sites is 1. The summed E-state index contributed by atoms with van der Waals surface area (Å²) < 4.78 is 5.68. The van der Waals surface area contributed by atoms with Gasteiger partial charge in [-0.05, 0) is 30.7 Å². The Morgan fingerprint density at radius 2 is 1.73 bits per heavy atom. The van der Waals surface area contributed by atoms with Crippen molar-refractivity contribution in [3.8, 4) is 21.9 Å². The second kappa shape index (κ2) is 8.86. The highest BCUT2D eigenvalue weighted by Gasteiger charge is 2.19. The summed E-state index contributed by atoms with van der Waals surface area (Å²) >= 11 is 1.74. The lowest BCUT2D eigenvalue weighted by molar-refractivity contribution is 0.282. The second-order valence-corrected chi connectivity index (χ2v) is 8.48. The van der Waals surface area contributed by atoms with Crippen LogP contribution in [0.5, 0.6) is 0 Å². The third-order valence-corrected chi connectivity index (χ3v) is 6.52. The minimum atomic E-state index is 0.914. The van der Waals surface area contributed by atoms with Crippen molar-refractivity contribution < 1.29 is 4.42 Å². The van der Waals surface area contributed by atoms with E-state index in [1.807, 2.05) is 18.2 Å². The van der Waals surface area contributed by atoms with Gasteiger partial charge >= 0.3 is 0 Å². The van der Waals surface area contributed by atoms with Gasteiger partial charge in [0.25, 0.3) is 0 Å². The SMILES string of the molecule is c1ccc(-c2nc(CN3CCCN(c4ccccc4-c4ccco4)CC3)cs2)cc1. The van der Waals surface area contributed by atoms with Crippen LogP contribution in [-0.2, 0) is 6.54 Å². The van der Waals surface area contributed by atoms with Crippen LogP contribution in [0.4, 0.5) is 5.69 Å². The number of nitrogens with zero attached hydrogens (tertiary/aromatic N) is 3. The fourth-order valence-corrected chi connectivity index (χ4v) is 4.90. The summed E-state index contributed by atoms with van der Waals surface area (Å²) in [6.45, 7) is 5.10. The van der Waals surface area contributed by atoms with Gasteiger partial charge in [0, 0.05) is 54.9 Å². The van der Waals surface area contributed by atoms with Crippen LogP contribution in [0, 0.1) is 0 Å². The highest BCUT2D eigenvalue weighted by molar-refractivity contribution is 7.13. The van der Waals surface area contributed by atoms with E-state index in [0.29, 0.717) is 0 Å². The van der Waals surface area contributed by atoms with Crippen LogP contribution in [0.15, 0.2) is 82.8 Å². The molecule has 0 radical (unpaired) electrons. The van der Waals surface area contributed by atoms with E-state index in [4.69, 9.17) is 9.40 Å². The van der Waals surface area contributed by atoms with Crippen molar-refractivity contribution in [2.75, 3.05) is 31.1 Å². The zero-order valence-electron chi connectivity index (χ0n) is 16.9. The van der Waals surface area contributed by atoms with E-state index in [1.54, 1.807) is 17.6 Å². The van der Waals surface area contributed by atoms with Crippen LogP contribution in [0.2, 0.25) is 0 Å². The van der Waals surface area contributed by atoms with Gasteiger partial charge in [-0.3, -0.25) is 4.90 Å². The molecule has 0 bridgehead atoms. The lowest BCUT2D eigenvalue weighted by atomic mass is 10.1. The molecule has 1 saturated heterocycles. The number of anilines is 1. The van der Waals surface area contributed by atoms with Crippen molar-refractivity contribution >= 4 is 17.0 Å². The lowest BCUT2D eigenvalue weighted by Crippen LogP contribution is -2.30. The summed E-state index contributed by atoms with van der Waals surface area (Å²) in [5.41, 5.74) is 4.80. The first-order chi connectivity index (χ1) is 14.9. The molecular formula is C25H25N3OS. The van der Waals surface area contributed by atoms with Gasteiger partial charge in [-0.2, -0.15) is 0 Å². The Kier molecular flexibility index (Phi) is 5.64. The van der Waals surface area contributed by atoms with Crippen molar-refractivity contribution in [3.63, 3.8) is 0 Å². The fraction of sp³-hybridized carbons (Fsp3) is 0.240. The smallest absolute Gasteiger partial charge is 0.135 e. The van der Waals surface area contributed by atoms with E-state index in [-0.39, 0.29) is 0 Å². The van der Waals surface area contributed by atoms with E-state index in [0.717, 1.165) is 49.9 Å². The molecule has 0 atom stereocenters. The molecule has 152 valence electrons. The molecule has 2 aromatic carbocycles. The molecule has 0 spiro atoms. The number of furan rings is 1. The van der Waals surface area contributed by atoms with Crippen molar-refractivity contribution in [2.45, 2.75) is 13.0 Å². The third kappa shape index (κ3) is 4.18. The molecule has 1 aliphatic rings. The van der Waals surface area contributed by atoms with Crippen molar-refractivity contribution in [1.29, 1.82) is 0 Å². The molecule has 2 aromatic heterocycles. The Morgan fingerprint density at radius 3 is 2.60 bits per heavy atom. The van der Waals surface area contributed by atoms with E-state index >= 15 is 0 Å². The van der Waals surface area contributed by atoms with Crippen LogP contribution in [0.3, 0.4) is 0 Å². The topological polar surface area (TPSA) is 32.5 Å². The van der Waals surface area contributed by atoms with E-state index < -0.39 is 0 Å². The number of hydrogen-bond donors (Lipinski definition) is 0. The van der Waals surface area contributed by atoms with Gasteiger partial charge in [-0.1, -0.05) is 42.5 Å². The zero-order chi connectivity index (χ0) is 20.2. The number of thiazole rings is 1. The summed E-state index contributed by atoms with van der Waals surface area (Å²) in [7, 11) is 0. The highest BCUT2D eigenvalue weighted by Crippen LogP contribution is 2.32. The Bertz CT molecular complexity index is 1070. The van der Waals surface area contributed by atoms with Crippen LogP contribution in [0.1, 0.15) is 12.1 Å². The van der Waals surface area contributed by atoms with Gasteiger partial charge < -0.3 is 9.32 Å². The van der Waals surface area contributed by atoms with Crippen molar-refractivity contribution in [1.82, 2.24) is 9.88 Å². The molecule has 0 N–H and O–H groups in total. The highest BCUT2D eigenvalue weighted by atomic mass is 32.1. The van der Waals surface area contributed by atoms with E-state index in [1.165, 1.54) is 22.5 Å². The second-order valence-electron chi connectivity index (χ2n) is 7.62. The van der Waals surface area contributed by atoms with Crippen LogP contribution in [-0.4, -0.2) is 36.1 Å². The minimum Gasteiger partial charge on any atom is -0.464 e. The standard InChI is InChI=1S/C25H25N3OS/c1-2-8-20(9-3-1)25-26-21(19-30-25)18-27-13-7-14-28(16-15-27)23-11-5-4-10-22(23)24-12-6-17-29-24/h1-6,8-12,17,19H,7,13-16,18H2. The first-order valence-electron chi connectivity index (χ1n) is 10.5. The van der Waals surface area contributed by atoms with Crippen LogP contribution in [0.25, 0.3) is 21.9 Å². The molecule has 0 aliphatic carbocycles. The summed E-state index contributed by atoms with van der Waals surface area (Å²) in [4.78, 5) is 9.90. The Balaban J connectivity index is 1.27. The van der Waals surface area contributed by atoms with Crippen molar-refractivity contribution in [2.24, 2.45) is 0 Å². The Morgan fingerprint density at radius 1 is 0.867 bits per heavy atom. The van der Waals surface area contributed by atoms with E-state index in [2.05, 4.69) is 63.7 Å². The lowest BCUT2D eigenvalue weighted by Gasteiger charge is -2.25. The minimum absolute atomic E-state index is 0.914. The van der Waals surface area contributed by atoms with Gasteiger partial charge in [-0.25, -0.2) is 4.98 Å². The maximum atomic E-state index is 5.68. The molecule has 4 aromatic rings. The van der Waals surface area contributed by atoms with Crippen LogP contribution < -0.4 is 4.90 Å². The first kappa shape index (κ1) is 19.1. The molecule has 3 heterocycles. The number of hydrogen-bond acceptors (Lipinski definition) is 5. The molecule has 5 heteroatoms. The maximum absolute atomic E-state index is 5.68. The van der Waals surface area contributed by atoms with Gasteiger partial charge in [0.05, 0.1) is 12.0 Å². The van der Waals surface area contributed by atoms with Gasteiger partial charge in [0.15, 0.2) is 0 Å². The van der Waals surface area contributed by atoms with Crippen molar-refractivity contribution in [3.05, 3.63) is 84.1 Å². The van der Waals surface area contributed by atoms with Gasteiger partial charge in [0.1, 0.15) is 10.8 Å². The average Bonchev–Trinajstić information content (AvgIpc) is 3.44. The Labute approximate surface area is 181 Å². The Hall–Kier alpha value is -2.89. The quantitative estimate of drug-likeness (QED) is 0.413. The summed E-state index contributed by atoms with van der Waals surface area (Å²) in [6.07, 6.45) is 2.88. The average molecular weight is 416 g/mol. The molecule has 4 nitrogen and oxygen atoms in total. The van der Waals surface area contributed by atoms with Gasteiger partial charge in [0.2, 0.25) is 0 Å². The van der Waals surface area contributed by atoms with Gasteiger partial charge in [-0.15, -0.1) is 11.3 Å². The first-order valence-corrected chi connectivity index (χ1v) is 11.3.